The number of nitrogens with one attached hydrogen (secondary N) is 1. The summed E-state index contributed by atoms with van der Waals surface area (Å²) in [5, 5.41) is 3.48. The van der Waals surface area contributed by atoms with Crippen LogP contribution in [0.3, 0.4) is 0 Å². The Morgan fingerprint density at radius 3 is 2.93 bits per heavy atom. The van der Waals surface area contributed by atoms with Gasteiger partial charge in [0.1, 0.15) is 5.75 Å². The Hall–Kier alpha value is -0.540. The van der Waals surface area contributed by atoms with E-state index >= 15 is 0 Å². The fourth-order valence-electron chi connectivity index (χ4n) is 1.87. The maximum Gasteiger partial charge on any atom is 0.120 e. The monoisotopic (exact) mass is 255 g/mol. The highest BCUT2D eigenvalue weighted by molar-refractivity contribution is 9.10. The lowest BCUT2D eigenvalue weighted by Crippen LogP contribution is -2.13. The molecule has 14 heavy (non-hydrogen) atoms. The zero-order valence-electron chi connectivity index (χ0n) is 8.22. The van der Waals surface area contributed by atoms with E-state index in [1.165, 1.54) is 18.4 Å². The highest BCUT2D eigenvalue weighted by Gasteiger charge is 2.18. The van der Waals surface area contributed by atoms with Gasteiger partial charge in [0.15, 0.2) is 0 Å². The maximum absolute atomic E-state index is 5.16. The second-order valence-electron chi connectivity index (χ2n) is 3.54. The zero-order chi connectivity index (χ0) is 9.97. The Morgan fingerprint density at radius 2 is 2.36 bits per heavy atom. The van der Waals surface area contributed by atoms with Crippen LogP contribution in [0, 0.1) is 0 Å². The van der Waals surface area contributed by atoms with E-state index in [4.69, 9.17) is 4.74 Å². The average Bonchev–Trinajstić information content (AvgIpc) is 2.70. The molecule has 0 saturated carbocycles. The first-order valence-electron chi connectivity index (χ1n) is 4.88. The average molecular weight is 256 g/mol. The molecule has 76 valence electrons. The molecule has 0 radical (unpaired) electrons. The van der Waals surface area contributed by atoms with Crippen LogP contribution in [0.4, 0.5) is 0 Å². The van der Waals surface area contributed by atoms with Crippen molar-refractivity contribution in [1.29, 1.82) is 0 Å². The van der Waals surface area contributed by atoms with Gasteiger partial charge < -0.3 is 10.1 Å². The summed E-state index contributed by atoms with van der Waals surface area (Å²) in [5.41, 5.74) is 1.34. The number of benzene rings is 1. The highest BCUT2D eigenvalue weighted by Crippen LogP contribution is 2.31. The second-order valence-corrected chi connectivity index (χ2v) is 4.39. The number of rotatable bonds is 2. The van der Waals surface area contributed by atoms with Crippen molar-refractivity contribution >= 4 is 15.9 Å². The third-order valence-electron chi connectivity index (χ3n) is 2.64. The van der Waals surface area contributed by atoms with Crippen molar-refractivity contribution in [2.24, 2.45) is 0 Å². The number of hydrogen-bond donors (Lipinski definition) is 1. The molecular weight excluding hydrogens is 242 g/mol. The minimum Gasteiger partial charge on any atom is -0.497 e. The van der Waals surface area contributed by atoms with E-state index in [1.54, 1.807) is 7.11 Å². The van der Waals surface area contributed by atoms with Gasteiger partial charge in [0.05, 0.1) is 7.11 Å². The molecule has 1 aliphatic rings. The molecule has 0 bridgehead atoms. The lowest BCUT2D eigenvalue weighted by molar-refractivity contribution is 0.414. The number of halogens is 1. The first kappa shape index (κ1) is 9.99. The molecule has 1 heterocycles. The van der Waals surface area contributed by atoms with Crippen molar-refractivity contribution in [1.82, 2.24) is 5.32 Å². The predicted octanol–water partition coefficient (Wildman–Crippen LogP) is 2.88. The molecule has 1 saturated heterocycles. The summed E-state index contributed by atoms with van der Waals surface area (Å²) in [7, 11) is 1.69. The van der Waals surface area contributed by atoms with Gasteiger partial charge in [0.2, 0.25) is 0 Å². The van der Waals surface area contributed by atoms with Crippen LogP contribution in [0.5, 0.6) is 5.75 Å². The zero-order valence-corrected chi connectivity index (χ0v) is 9.80. The highest BCUT2D eigenvalue weighted by atomic mass is 79.9. The van der Waals surface area contributed by atoms with Gasteiger partial charge in [0.25, 0.3) is 0 Å². The van der Waals surface area contributed by atoms with Crippen LogP contribution < -0.4 is 10.1 Å². The van der Waals surface area contributed by atoms with E-state index < -0.39 is 0 Å². The van der Waals surface area contributed by atoms with Crippen LogP contribution in [0.15, 0.2) is 22.7 Å². The van der Waals surface area contributed by atoms with E-state index in [0.717, 1.165) is 16.8 Å². The van der Waals surface area contributed by atoms with Crippen LogP contribution in [0.2, 0.25) is 0 Å². The van der Waals surface area contributed by atoms with Crippen LogP contribution in [-0.4, -0.2) is 13.7 Å². The molecule has 0 spiro atoms. The number of hydrogen-bond acceptors (Lipinski definition) is 2. The van der Waals surface area contributed by atoms with Gasteiger partial charge in [-0.3, -0.25) is 0 Å². The summed E-state index contributed by atoms with van der Waals surface area (Å²) in [6.45, 7) is 1.13. The van der Waals surface area contributed by atoms with Crippen molar-refractivity contribution in [2.75, 3.05) is 13.7 Å². The molecule has 1 aromatic carbocycles. The van der Waals surface area contributed by atoms with Crippen molar-refractivity contribution in [2.45, 2.75) is 18.9 Å². The number of ether oxygens (including phenoxy) is 1. The fourth-order valence-corrected chi connectivity index (χ4v) is 2.50. The Balaban J connectivity index is 2.25. The molecule has 0 aliphatic carbocycles. The van der Waals surface area contributed by atoms with E-state index in [2.05, 4.69) is 27.3 Å². The van der Waals surface area contributed by atoms with Gasteiger partial charge in [-0.15, -0.1) is 0 Å². The Kier molecular flexibility index (Phi) is 3.08. The van der Waals surface area contributed by atoms with Crippen LogP contribution >= 0.6 is 15.9 Å². The second kappa shape index (κ2) is 4.32. The third kappa shape index (κ3) is 1.93. The van der Waals surface area contributed by atoms with E-state index in [0.29, 0.717) is 6.04 Å². The Bertz CT molecular complexity index is 321. The molecule has 0 amide bonds. The molecular formula is C11H14BrNO. The number of methoxy groups -OCH3 is 1. The van der Waals surface area contributed by atoms with E-state index in [-0.39, 0.29) is 0 Å². The molecule has 1 atom stereocenters. The van der Waals surface area contributed by atoms with Crippen LogP contribution in [0.1, 0.15) is 24.4 Å². The smallest absolute Gasteiger partial charge is 0.120 e. The van der Waals surface area contributed by atoms with Gasteiger partial charge >= 0.3 is 0 Å². The van der Waals surface area contributed by atoms with Crippen molar-refractivity contribution < 1.29 is 4.74 Å². The lowest BCUT2D eigenvalue weighted by atomic mass is 10.1. The summed E-state index contributed by atoms with van der Waals surface area (Å²) < 4.78 is 6.30. The van der Waals surface area contributed by atoms with Gasteiger partial charge in [-0.2, -0.15) is 0 Å². The Morgan fingerprint density at radius 1 is 1.50 bits per heavy atom. The lowest BCUT2D eigenvalue weighted by Gasteiger charge is -2.13. The summed E-state index contributed by atoms with van der Waals surface area (Å²) in [5.74, 6) is 0.902. The summed E-state index contributed by atoms with van der Waals surface area (Å²) in [6.07, 6.45) is 2.49. The molecule has 1 aromatic rings. The largest absolute Gasteiger partial charge is 0.497 e. The first-order chi connectivity index (χ1) is 6.81. The van der Waals surface area contributed by atoms with Crippen molar-refractivity contribution in [3.8, 4) is 5.75 Å². The molecule has 1 N–H and O–H groups in total. The summed E-state index contributed by atoms with van der Waals surface area (Å²) in [6, 6.07) is 6.68. The first-order valence-corrected chi connectivity index (χ1v) is 5.67. The van der Waals surface area contributed by atoms with E-state index in [1.807, 2.05) is 12.1 Å². The van der Waals surface area contributed by atoms with Crippen molar-refractivity contribution in [3.63, 3.8) is 0 Å². The minimum atomic E-state index is 0.510. The van der Waals surface area contributed by atoms with E-state index in [9.17, 15) is 0 Å². The SMILES string of the molecule is COc1ccc(C2CCCN2)c(Br)c1. The van der Waals surface area contributed by atoms with Gasteiger partial charge in [-0.05, 0) is 37.1 Å². The minimum absolute atomic E-state index is 0.510. The normalized spacial score (nSPS) is 21.1. The molecule has 2 nitrogen and oxygen atoms in total. The van der Waals surface area contributed by atoms with Gasteiger partial charge in [-0.1, -0.05) is 22.0 Å². The molecule has 0 aromatic heterocycles. The molecule has 2 rings (SSSR count). The maximum atomic E-state index is 5.16. The van der Waals surface area contributed by atoms with Crippen LogP contribution in [0.25, 0.3) is 0 Å². The molecule has 1 unspecified atom stereocenters. The topological polar surface area (TPSA) is 21.3 Å². The van der Waals surface area contributed by atoms with Crippen molar-refractivity contribution in [3.05, 3.63) is 28.2 Å². The fraction of sp³-hybridized carbons (Fsp3) is 0.455. The predicted molar refractivity (Wildman–Crippen MR) is 60.7 cm³/mol. The molecule has 1 aliphatic heterocycles. The molecule has 1 fully saturated rings. The molecule has 3 heteroatoms. The van der Waals surface area contributed by atoms with Crippen LogP contribution in [-0.2, 0) is 0 Å². The standard InChI is InChI=1S/C11H14BrNO/c1-14-8-4-5-9(10(12)7-8)11-3-2-6-13-11/h4-5,7,11,13H,2-3,6H2,1H3. The summed E-state index contributed by atoms with van der Waals surface area (Å²) >= 11 is 3.58. The Labute approximate surface area is 92.8 Å². The summed E-state index contributed by atoms with van der Waals surface area (Å²) in [4.78, 5) is 0. The third-order valence-corrected chi connectivity index (χ3v) is 3.33. The van der Waals surface area contributed by atoms with Gasteiger partial charge in [-0.25, -0.2) is 0 Å². The van der Waals surface area contributed by atoms with Gasteiger partial charge in [0, 0.05) is 10.5 Å². The quantitative estimate of drug-likeness (QED) is 0.878.